The van der Waals surface area contributed by atoms with Gasteiger partial charge in [-0.3, -0.25) is 4.90 Å². The number of carboxylic acids is 1. The smallest absolute Gasteiger partial charge is 0.410 e. The van der Waals surface area contributed by atoms with Gasteiger partial charge in [0, 0.05) is 23.7 Å². The topological polar surface area (TPSA) is 121 Å². The number of carbonyl (C=O) groups excluding carboxylic acids is 2. The number of hydrogen-bond donors (Lipinski definition) is 3. The Morgan fingerprint density at radius 3 is 2.10 bits per heavy atom. The highest BCUT2D eigenvalue weighted by Crippen LogP contribution is 2.44. The van der Waals surface area contributed by atoms with Crippen LogP contribution < -0.4 is 5.32 Å². The van der Waals surface area contributed by atoms with Gasteiger partial charge >= 0.3 is 18.2 Å². The van der Waals surface area contributed by atoms with E-state index in [-0.39, 0.29) is 36.8 Å². The minimum Gasteiger partial charge on any atom is -0.477 e. The van der Waals surface area contributed by atoms with Gasteiger partial charge in [-0.15, -0.1) is 0 Å². The summed E-state index contributed by atoms with van der Waals surface area (Å²) in [6, 6.07) is 19.4. The summed E-state index contributed by atoms with van der Waals surface area (Å²) in [5.74, 6) is -1.12. The fourth-order valence-electron chi connectivity index (χ4n) is 5.87. The van der Waals surface area contributed by atoms with E-state index in [0.29, 0.717) is 31.4 Å². The third-order valence-corrected chi connectivity index (χ3v) is 7.75. The van der Waals surface area contributed by atoms with Crippen molar-refractivity contribution in [1.29, 1.82) is 0 Å². The van der Waals surface area contributed by atoms with Crippen LogP contribution in [0, 0.1) is 0 Å². The van der Waals surface area contributed by atoms with E-state index in [4.69, 9.17) is 9.47 Å². The van der Waals surface area contributed by atoms with E-state index in [1.807, 2.05) is 45.0 Å². The zero-order valence-corrected chi connectivity index (χ0v) is 23.7. The number of nitrogens with one attached hydrogen (secondary N) is 2. The lowest BCUT2D eigenvalue weighted by Crippen LogP contribution is -2.47. The van der Waals surface area contributed by atoms with Crippen molar-refractivity contribution in [2.75, 3.05) is 6.61 Å². The maximum atomic E-state index is 13.7. The molecule has 3 N–H and O–H groups in total. The molecule has 2 aliphatic carbocycles. The summed E-state index contributed by atoms with van der Waals surface area (Å²) < 4.78 is 11.4. The zero-order valence-electron chi connectivity index (χ0n) is 23.7. The Bertz CT molecular complexity index is 1370. The summed E-state index contributed by atoms with van der Waals surface area (Å²) in [5, 5.41) is 12.3. The predicted molar refractivity (Wildman–Crippen MR) is 154 cm³/mol. The lowest BCUT2D eigenvalue weighted by atomic mass is 9.90. The SMILES string of the molecule is CC(C)(C)OC(=O)NC1CCC(N(Cc2ccc(C(=O)O)[nH]2)C(=O)OCC2c3ccccc3-c3ccccc32)CC1. The van der Waals surface area contributed by atoms with E-state index in [1.54, 1.807) is 11.0 Å². The molecule has 0 bridgehead atoms. The lowest BCUT2D eigenvalue weighted by molar-refractivity contribution is 0.0453. The standard InChI is InChI=1S/C32H37N3O6/c1-32(2,3)41-30(38)34-20-12-15-22(16-13-20)35(18-21-14-17-28(33-21)29(36)37)31(39)40-19-27-25-10-6-4-8-23(25)24-9-5-7-11-26(24)27/h4-11,14,17,20,22,27,33H,12-13,15-16,18-19H2,1-3H3,(H,34,38)(H,36,37). The number of benzene rings is 2. The molecule has 1 saturated carbocycles. The molecular weight excluding hydrogens is 522 g/mol. The molecule has 9 nitrogen and oxygen atoms in total. The first-order chi connectivity index (χ1) is 19.6. The minimum absolute atomic E-state index is 0.0467. The maximum absolute atomic E-state index is 13.7. The number of aromatic amines is 1. The molecular formula is C32H37N3O6. The minimum atomic E-state index is -1.06. The highest BCUT2D eigenvalue weighted by Gasteiger charge is 2.34. The van der Waals surface area contributed by atoms with Gasteiger partial charge in [0.25, 0.3) is 0 Å². The molecule has 9 heteroatoms. The number of hydrogen-bond acceptors (Lipinski definition) is 5. The number of fused-ring (bicyclic) bond motifs is 3. The molecule has 2 amide bonds. The first kappa shape index (κ1) is 28.3. The third-order valence-electron chi connectivity index (χ3n) is 7.75. The number of carboxylic acid groups (broad SMARTS) is 1. The molecule has 41 heavy (non-hydrogen) atoms. The van der Waals surface area contributed by atoms with E-state index in [0.717, 1.165) is 22.3 Å². The number of nitrogens with zero attached hydrogens (tertiary/aromatic N) is 1. The normalized spacial score (nSPS) is 18.2. The zero-order chi connectivity index (χ0) is 29.1. The molecule has 1 aromatic heterocycles. The second kappa shape index (κ2) is 11.7. The van der Waals surface area contributed by atoms with Gasteiger partial charge in [0.05, 0.1) is 6.54 Å². The van der Waals surface area contributed by atoms with Gasteiger partial charge in [-0.25, -0.2) is 14.4 Å². The molecule has 0 atom stereocenters. The number of ether oxygens (including phenoxy) is 2. The van der Waals surface area contributed by atoms with Crippen LogP contribution in [0.15, 0.2) is 60.7 Å². The highest BCUT2D eigenvalue weighted by molar-refractivity contribution is 5.85. The molecule has 0 saturated heterocycles. The highest BCUT2D eigenvalue weighted by atomic mass is 16.6. The van der Waals surface area contributed by atoms with Gasteiger partial charge in [0.15, 0.2) is 0 Å². The molecule has 0 aliphatic heterocycles. The van der Waals surface area contributed by atoms with Crippen molar-refractivity contribution < 1.29 is 29.0 Å². The van der Waals surface area contributed by atoms with Crippen LogP contribution in [0.5, 0.6) is 0 Å². The van der Waals surface area contributed by atoms with Crippen molar-refractivity contribution in [2.24, 2.45) is 0 Å². The third kappa shape index (κ3) is 6.56. The Balaban J connectivity index is 1.28. The van der Waals surface area contributed by atoms with Gasteiger partial charge in [-0.1, -0.05) is 48.5 Å². The van der Waals surface area contributed by atoms with Gasteiger partial charge in [0.1, 0.15) is 17.9 Å². The van der Waals surface area contributed by atoms with Crippen LogP contribution in [0.25, 0.3) is 11.1 Å². The Labute approximate surface area is 239 Å². The summed E-state index contributed by atoms with van der Waals surface area (Å²) in [4.78, 5) is 41.9. The van der Waals surface area contributed by atoms with E-state index in [2.05, 4.69) is 34.6 Å². The van der Waals surface area contributed by atoms with Crippen molar-refractivity contribution in [2.45, 2.75) is 76.6 Å². The van der Waals surface area contributed by atoms with Gasteiger partial charge in [0.2, 0.25) is 0 Å². The fourth-order valence-corrected chi connectivity index (χ4v) is 5.87. The van der Waals surface area contributed by atoms with Crippen molar-refractivity contribution >= 4 is 18.2 Å². The average Bonchev–Trinajstić information content (AvgIpc) is 3.53. The second-order valence-corrected chi connectivity index (χ2v) is 11.8. The summed E-state index contributed by atoms with van der Waals surface area (Å²) in [7, 11) is 0. The average molecular weight is 560 g/mol. The number of aromatic nitrogens is 1. The summed E-state index contributed by atoms with van der Waals surface area (Å²) in [6.07, 6.45) is 1.81. The number of carbonyl (C=O) groups is 3. The Kier molecular flexibility index (Phi) is 8.06. The van der Waals surface area contributed by atoms with Crippen molar-refractivity contribution in [1.82, 2.24) is 15.2 Å². The second-order valence-electron chi connectivity index (χ2n) is 11.8. The first-order valence-corrected chi connectivity index (χ1v) is 14.1. The molecule has 216 valence electrons. The van der Waals surface area contributed by atoms with Crippen LogP contribution in [0.2, 0.25) is 0 Å². The fraction of sp³-hybridized carbons (Fsp3) is 0.406. The Morgan fingerprint density at radius 1 is 0.927 bits per heavy atom. The number of alkyl carbamates (subject to hydrolysis) is 1. The van der Waals surface area contributed by atoms with E-state index in [1.165, 1.54) is 6.07 Å². The molecule has 1 fully saturated rings. The summed E-state index contributed by atoms with van der Waals surface area (Å²) in [5.41, 5.74) is 4.69. The maximum Gasteiger partial charge on any atom is 0.410 e. The molecule has 0 spiro atoms. The number of H-pyrrole nitrogens is 1. The quantitative estimate of drug-likeness (QED) is 0.312. The van der Waals surface area contributed by atoms with Crippen molar-refractivity contribution in [3.8, 4) is 11.1 Å². The van der Waals surface area contributed by atoms with E-state index < -0.39 is 23.8 Å². The van der Waals surface area contributed by atoms with Crippen LogP contribution in [-0.2, 0) is 16.0 Å². The monoisotopic (exact) mass is 559 g/mol. The first-order valence-electron chi connectivity index (χ1n) is 14.1. The van der Waals surface area contributed by atoms with Gasteiger partial charge in [-0.2, -0.15) is 0 Å². The number of aromatic carboxylic acids is 1. The Morgan fingerprint density at radius 2 is 1.54 bits per heavy atom. The van der Waals surface area contributed by atoms with Gasteiger partial charge in [-0.05, 0) is 80.8 Å². The van der Waals surface area contributed by atoms with Gasteiger partial charge < -0.3 is 24.9 Å². The molecule has 2 aromatic carbocycles. The van der Waals surface area contributed by atoms with Crippen molar-refractivity contribution in [3.63, 3.8) is 0 Å². The van der Waals surface area contributed by atoms with Crippen LogP contribution in [-0.4, -0.2) is 57.4 Å². The predicted octanol–water partition coefficient (Wildman–Crippen LogP) is 6.30. The van der Waals surface area contributed by atoms with Crippen LogP contribution in [0.1, 0.15) is 79.7 Å². The Hall–Kier alpha value is -4.27. The number of amides is 2. The van der Waals surface area contributed by atoms with Crippen LogP contribution >= 0.6 is 0 Å². The number of rotatable bonds is 7. The molecule has 2 aliphatic rings. The van der Waals surface area contributed by atoms with Crippen molar-refractivity contribution in [3.05, 3.63) is 83.2 Å². The molecule has 5 rings (SSSR count). The lowest BCUT2D eigenvalue weighted by Gasteiger charge is -2.36. The summed E-state index contributed by atoms with van der Waals surface area (Å²) in [6.45, 7) is 5.87. The van der Waals surface area contributed by atoms with E-state index in [9.17, 15) is 19.5 Å². The molecule has 0 unspecified atom stereocenters. The van der Waals surface area contributed by atoms with Crippen LogP contribution in [0.4, 0.5) is 9.59 Å². The molecule has 1 heterocycles. The van der Waals surface area contributed by atoms with Crippen LogP contribution in [0.3, 0.4) is 0 Å². The molecule has 3 aromatic rings. The summed E-state index contributed by atoms with van der Waals surface area (Å²) >= 11 is 0. The molecule has 0 radical (unpaired) electrons. The van der Waals surface area contributed by atoms with E-state index >= 15 is 0 Å². The largest absolute Gasteiger partial charge is 0.477 e.